The third-order valence-electron chi connectivity index (χ3n) is 4.73. The number of carbonyl (C=O) groups is 1. The van der Waals surface area contributed by atoms with Gasteiger partial charge in [-0.3, -0.25) is 4.79 Å². The van der Waals surface area contributed by atoms with Crippen molar-refractivity contribution in [2.24, 2.45) is 0 Å². The Bertz CT molecular complexity index is 781. The minimum Gasteiger partial charge on any atom is -0.493 e. The lowest BCUT2D eigenvalue weighted by Crippen LogP contribution is -2.33. The number of benzene rings is 2. The average Bonchev–Trinajstić information content (AvgIpc) is 2.98. The number of thioether (sulfide) groups is 1. The van der Waals surface area contributed by atoms with Crippen LogP contribution in [0.4, 0.5) is 0 Å². The topological polar surface area (TPSA) is 48.0 Å². The Labute approximate surface area is 164 Å². The van der Waals surface area contributed by atoms with Crippen molar-refractivity contribution in [1.29, 1.82) is 0 Å². The molecule has 6 heteroatoms. The van der Waals surface area contributed by atoms with E-state index in [2.05, 4.69) is 24.3 Å². The van der Waals surface area contributed by atoms with Crippen LogP contribution in [0.1, 0.15) is 27.6 Å². The molecule has 0 saturated carbocycles. The molecule has 1 heterocycles. The van der Waals surface area contributed by atoms with Crippen molar-refractivity contribution in [1.82, 2.24) is 4.90 Å². The molecule has 0 radical (unpaired) electrons. The summed E-state index contributed by atoms with van der Waals surface area (Å²) >= 11 is 1.91. The minimum atomic E-state index is -0.0397. The summed E-state index contributed by atoms with van der Waals surface area (Å²) in [5, 5.41) is 0.413. The summed E-state index contributed by atoms with van der Waals surface area (Å²) in [6, 6.07) is 14.0. The van der Waals surface area contributed by atoms with Crippen molar-refractivity contribution in [2.45, 2.75) is 11.7 Å². The van der Waals surface area contributed by atoms with Crippen LogP contribution in [0.3, 0.4) is 0 Å². The Balaban J connectivity index is 1.80. The van der Waals surface area contributed by atoms with Crippen molar-refractivity contribution < 1.29 is 19.0 Å². The van der Waals surface area contributed by atoms with Gasteiger partial charge in [-0.25, -0.2) is 0 Å². The summed E-state index contributed by atoms with van der Waals surface area (Å²) in [6.45, 7) is 1.42. The van der Waals surface area contributed by atoms with Crippen LogP contribution >= 0.6 is 11.8 Å². The lowest BCUT2D eigenvalue weighted by molar-refractivity contribution is 0.0762. The van der Waals surface area contributed by atoms with E-state index in [1.54, 1.807) is 26.4 Å². The van der Waals surface area contributed by atoms with Gasteiger partial charge in [0.2, 0.25) is 5.75 Å². The largest absolute Gasteiger partial charge is 0.493 e. The third kappa shape index (κ3) is 4.16. The SMILES string of the molecule is COc1ccc(C(=O)N2CCSC(c3ccccc3)CC2)c(OC)c1OC. The lowest BCUT2D eigenvalue weighted by atomic mass is 10.1. The average molecular weight is 388 g/mol. The molecule has 3 rings (SSSR count). The Morgan fingerprint density at radius 3 is 2.37 bits per heavy atom. The Kier molecular flexibility index (Phi) is 6.50. The number of carbonyl (C=O) groups excluding carboxylic acids is 1. The zero-order valence-electron chi connectivity index (χ0n) is 15.9. The van der Waals surface area contributed by atoms with E-state index in [4.69, 9.17) is 14.2 Å². The highest BCUT2D eigenvalue weighted by molar-refractivity contribution is 7.99. The predicted octanol–water partition coefficient (Wildman–Crippen LogP) is 4.03. The molecule has 1 aliphatic heterocycles. The number of hydrogen-bond donors (Lipinski definition) is 0. The zero-order chi connectivity index (χ0) is 19.2. The highest BCUT2D eigenvalue weighted by atomic mass is 32.2. The van der Waals surface area contributed by atoms with Gasteiger partial charge in [-0.05, 0) is 24.1 Å². The van der Waals surface area contributed by atoms with Gasteiger partial charge in [0.05, 0.1) is 26.9 Å². The minimum absolute atomic E-state index is 0.0397. The number of ether oxygens (including phenoxy) is 3. The van der Waals surface area contributed by atoms with Crippen LogP contribution in [0.25, 0.3) is 0 Å². The van der Waals surface area contributed by atoms with Gasteiger partial charge in [-0.15, -0.1) is 0 Å². The maximum absolute atomic E-state index is 13.2. The molecule has 2 aromatic rings. The van der Waals surface area contributed by atoms with E-state index < -0.39 is 0 Å². The third-order valence-corrected chi connectivity index (χ3v) is 6.06. The fourth-order valence-corrected chi connectivity index (χ4v) is 4.58. The van der Waals surface area contributed by atoms with Crippen molar-refractivity contribution in [3.05, 3.63) is 53.6 Å². The molecule has 1 saturated heterocycles. The standard InChI is InChI=1S/C21H25NO4S/c1-24-17-10-9-16(19(25-2)20(17)26-3)21(23)22-12-11-18(27-14-13-22)15-7-5-4-6-8-15/h4-10,18H,11-14H2,1-3H3. The van der Waals surface area contributed by atoms with Gasteiger partial charge in [-0.1, -0.05) is 30.3 Å². The fraction of sp³-hybridized carbons (Fsp3) is 0.381. The van der Waals surface area contributed by atoms with Crippen LogP contribution < -0.4 is 14.2 Å². The quantitative estimate of drug-likeness (QED) is 0.775. The first-order valence-electron chi connectivity index (χ1n) is 8.94. The molecule has 1 unspecified atom stereocenters. The summed E-state index contributed by atoms with van der Waals surface area (Å²) < 4.78 is 16.2. The maximum atomic E-state index is 13.2. The van der Waals surface area contributed by atoms with Crippen molar-refractivity contribution in [3.8, 4) is 17.2 Å². The first-order chi connectivity index (χ1) is 13.2. The number of amides is 1. The second-order valence-corrected chi connectivity index (χ2v) is 7.54. The summed E-state index contributed by atoms with van der Waals surface area (Å²) in [6.07, 6.45) is 0.927. The molecule has 0 aromatic heterocycles. The monoisotopic (exact) mass is 387 g/mol. The highest BCUT2D eigenvalue weighted by Crippen LogP contribution is 2.41. The molecule has 0 N–H and O–H groups in total. The van der Waals surface area contributed by atoms with Gasteiger partial charge in [0.25, 0.3) is 5.91 Å². The van der Waals surface area contributed by atoms with Crippen LogP contribution in [-0.2, 0) is 0 Å². The van der Waals surface area contributed by atoms with Crippen LogP contribution in [0.5, 0.6) is 17.2 Å². The summed E-state index contributed by atoms with van der Waals surface area (Å²) in [4.78, 5) is 15.1. The van der Waals surface area contributed by atoms with Gasteiger partial charge in [0.15, 0.2) is 11.5 Å². The van der Waals surface area contributed by atoms with Crippen LogP contribution in [0, 0.1) is 0 Å². The molecule has 27 heavy (non-hydrogen) atoms. The van der Waals surface area contributed by atoms with Gasteiger partial charge in [0, 0.05) is 24.1 Å². The molecular weight excluding hydrogens is 362 g/mol. The number of rotatable bonds is 5. The molecule has 1 fully saturated rings. The molecule has 1 amide bonds. The molecule has 144 valence electrons. The van der Waals surface area contributed by atoms with Crippen LogP contribution in [-0.4, -0.2) is 51.0 Å². The second kappa shape index (κ2) is 9.04. The molecule has 1 atom stereocenters. The first kappa shape index (κ1) is 19.4. The lowest BCUT2D eigenvalue weighted by Gasteiger charge is -2.23. The van der Waals surface area contributed by atoms with Gasteiger partial charge < -0.3 is 19.1 Å². The fourth-order valence-electron chi connectivity index (χ4n) is 3.35. The molecule has 0 aliphatic carbocycles. The number of methoxy groups -OCH3 is 3. The Morgan fingerprint density at radius 1 is 0.963 bits per heavy atom. The van der Waals surface area contributed by atoms with Crippen molar-refractivity contribution in [2.75, 3.05) is 40.2 Å². The summed E-state index contributed by atoms with van der Waals surface area (Å²) in [5.41, 5.74) is 1.82. The van der Waals surface area contributed by atoms with E-state index in [1.165, 1.54) is 12.7 Å². The van der Waals surface area contributed by atoms with E-state index in [9.17, 15) is 4.79 Å². The molecule has 5 nitrogen and oxygen atoms in total. The van der Waals surface area contributed by atoms with E-state index in [-0.39, 0.29) is 5.91 Å². The normalized spacial score (nSPS) is 17.1. The summed E-state index contributed by atoms with van der Waals surface area (Å²) in [7, 11) is 4.65. The number of hydrogen-bond acceptors (Lipinski definition) is 5. The predicted molar refractivity (Wildman–Crippen MR) is 108 cm³/mol. The van der Waals surface area contributed by atoms with Crippen LogP contribution in [0.15, 0.2) is 42.5 Å². The smallest absolute Gasteiger partial charge is 0.257 e. The van der Waals surface area contributed by atoms with Crippen molar-refractivity contribution >= 4 is 17.7 Å². The van der Waals surface area contributed by atoms with E-state index in [0.29, 0.717) is 41.2 Å². The first-order valence-corrected chi connectivity index (χ1v) is 9.99. The van der Waals surface area contributed by atoms with Gasteiger partial charge in [-0.2, -0.15) is 11.8 Å². The second-order valence-electron chi connectivity index (χ2n) is 6.23. The van der Waals surface area contributed by atoms with Gasteiger partial charge >= 0.3 is 0 Å². The zero-order valence-corrected chi connectivity index (χ0v) is 16.8. The Morgan fingerprint density at radius 2 is 1.70 bits per heavy atom. The van der Waals surface area contributed by atoms with Crippen molar-refractivity contribution in [3.63, 3.8) is 0 Å². The van der Waals surface area contributed by atoms with E-state index in [1.807, 2.05) is 22.7 Å². The maximum Gasteiger partial charge on any atom is 0.257 e. The molecule has 0 spiro atoms. The molecule has 1 aliphatic rings. The van der Waals surface area contributed by atoms with E-state index >= 15 is 0 Å². The molecular formula is C21H25NO4S. The van der Waals surface area contributed by atoms with Crippen LogP contribution in [0.2, 0.25) is 0 Å². The highest BCUT2D eigenvalue weighted by Gasteiger charge is 2.27. The Hall–Kier alpha value is -2.34. The van der Waals surface area contributed by atoms with E-state index in [0.717, 1.165) is 12.2 Å². The molecule has 2 aromatic carbocycles. The molecule has 0 bridgehead atoms. The van der Waals surface area contributed by atoms with Gasteiger partial charge in [0.1, 0.15) is 0 Å². The number of nitrogens with zero attached hydrogens (tertiary/aromatic N) is 1. The summed E-state index contributed by atoms with van der Waals surface area (Å²) in [5.74, 6) is 2.26.